The molecule has 0 bridgehead atoms. The zero-order chi connectivity index (χ0) is 15.1. The van der Waals surface area contributed by atoms with Gasteiger partial charge in [0.05, 0.1) is 6.42 Å². The van der Waals surface area contributed by atoms with Crippen LogP contribution < -0.4 is 5.32 Å². The fraction of sp³-hybridized carbons (Fsp3) is 0.611. The Labute approximate surface area is 127 Å². The third-order valence-electron chi connectivity index (χ3n) is 4.68. The van der Waals surface area contributed by atoms with E-state index in [1.54, 1.807) is 0 Å². The van der Waals surface area contributed by atoms with Crippen molar-refractivity contribution in [3.63, 3.8) is 0 Å². The van der Waals surface area contributed by atoms with Gasteiger partial charge in [-0.2, -0.15) is 0 Å². The Morgan fingerprint density at radius 3 is 2.43 bits per heavy atom. The molecule has 21 heavy (non-hydrogen) atoms. The van der Waals surface area contributed by atoms with Gasteiger partial charge in [0.25, 0.3) is 0 Å². The molecule has 1 atom stereocenters. The molecule has 1 aromatic rings. The minimum atomic E-state index is -0.765. The van der Waals surface area contributed by atoms with Crippen LogP contribution in [0.15, 0.2) is 24.3 Å². The number of carboxylic acids is 1. The average molecular weight is 289 g/mol. The molecule has 0 heterocycles. The molecule has 0 aliphatic heterocycles. The summed E-state index contributed by atoms with van der Waals surface area (Å²) in [5.41, 5.74) is 2.03. The molecular weight excluding hydrogens is 262 g/mol. The summed E-state index contributed by atoms with van der Waals surface area (Å²) in [6, 6.07) is 8.35. The third kappa shape index (κ3) is 5.16. The lowest BCUT2D eigenvalue weighted by atomic mass is 9.92. The van der Waals surface area contributed by atoms with Gasteiger partial charge in [0, 0.05) is 12.6 Å². The van der Waals surface area contributed by atoms with E-state index in [9.17, 15) is 4.79 Å². The molecule has 1 aliphatic carbocycles. The van der Waals surface area contributed by atoms with Gasteiger partial charge in [-0.25, -0.2) is 0 Å². The van der Waals surface area contributed by atoms with E-state index < -0.39 is 5.97 Å². The first kappa shape index (κ1) is 16.0. The largest absolute Gasteiger partial charge is 0.481 e. The summed E-state index contributed by atoms with van der Waals surface area (Å²) in [7, 11) is 0. The molecule has 3 nitrogen and oxygen atoms in total. The predicted molar refractivity (Wildman–Crippen MR) is 85.3 cm³/mol. The maximum atomic E-state index is 10.9. The van der Waals surface area contributed by atoms with Crippen LogP contribution >= 0.6 is 0 Å². The quantitative estimate of drug-likeness (QED) is 0.784. The summed E-state index contributed by atoms with van der Waals surface area (Å²) in [6.45, 7) is 3.04. The first-order valence-electron chi connectivity index (χ1n) is 8.19. The predicted octanol–water partition coefficient (Wildman–Crippen LogP) is 3.76. The van der Waals surface area contributed by atoms with Crippen molar-refractivity contribution in [1.29, 1.82) is 0 Å². The number of nitrogens with one attached hydrogen (secondary N) is 1. The van der Waals surface area contributed by atoms with Gasteiger partial charge < -0.3 is 10.4 Å². The minimum absolute atomic E-state index is 0.107. The van der Waals surface area contributed by atoms with Gasteiger partial charge in [-0.1, -0.05) is 49.9 Å². The second-order valence-corrected chi connectivity index (χ2v) is 6.26. The highest BCUT2D eigenvalue weighted by molar-refractivity contribution is 5.70. The SMILES string of the molecule is C[C@@H](NCc1ccccc1CC(=O)O)C1CCCCCC1. The van der Waals surface area contributed by atoms with Gasteiger partial charge in [0.15, 0.2) is 0 Å². The van der Waals surface area contributed by atoms with Gasteiger partial charge in [0.2, 0.25) is 0 Å². The number of aliphatic carboxylic acids is 1. The molecule has 2 N–H and O–H groups in total. The maximum Gasteiger partial charge on any atom is 0.307 e. The standard InChI is InChI=1S/C18H27NO2/c1-14(15-8-4-2-3-5-9-15)19-13-17-11-7-6-10-16(17)12-18(20)21/h6-7,10-11,14-15,19H,2-5,8-9,12-13H2,1H3,(H,20,21)/t14-/m1/s1. The zero-order valence-electron chi connectivity index (χ0n) is 13.0. The van der Waals surface area contributed by atoms with Crippen LogP contribution in [0.3, 0.4) is 0 Å². The lowest BCUT2D eigenvalue weighted by molar-refractivity contribution is -0.136. The Bertz CT molecular complexity index is 450. The fourth-order valence-corrected chi connectivity index (χ4v) is 3.31. The van der Waals surface area contributed by atoms with E-state index in [1.165, 1.54) is 38.5 Å². The molecular formula is C18H27NO2. The van der Waals surface area contributed by atoms with Crippen LogP contribution in [0.4, 0.5) is 0 Å². The summed E-state index contributed by atoms with van der Waals surface area (Å²) in [6.07, 6.45) is 8.22. The number of carboxylic acid groups (broad SMARTS) is 1. The number of rotatable bonds is 6. The van der Waals surface area contributed by atoms with Crippen molar-refractivity contribution >= 4 is 5.97 Å². The molecule has 1 saturated carbocycles. The topological polar surface area (TPSA) is 49.3 Å². The highest BCUT2D eigenvalue weighted by Crippen LogP contribution is 2.25. The van der Waals surface area contributed by atoms with E-state index >= 15 is 0 Å². The molecule has 3 heteroatoms. The molecule has 0 amide bonds. The molecule has 1 aliphatic rings. The monoisotopic (exact) mass is 289 g/mol. The van der Waals surface area contributed by atoms with Crippen LogP contribution in [-0.2, 0) is 17.8 Å². The van der Waals surface area contributed by atoms with Crippen LogP contribution in [0.5, 0.6) is 0 Å². The average Bonchev–Trinajstić information content (AvgIpc) is 2.74. The van der Waals surface area contributed by atoms with Crippen LogP contribution in [0.1, 0.15) is 56.6 Å². The zero-order valence-corrected chi connectivity index (χ0v) is 13.0. The molecule has 0 saturated heterocycles. The summed E-state index contributed by atoms with van der Waals surface area (Å²) in [4.78, 5) is 10.9. The molecule has 0 radical (unpaired) electrons. The Hall–Kier alpha value is -1.35. The Morgan fingerprint density at radius 1 is 1.19 bits per heavy atom. The van der Waals surface area contributed by atoms with Gasteiger partial charge in [-0.3, -0.25) is 4.79 Å². The maximum absolute atomic E-state index is 10.9. The van der Waals surface area contributed by atoms with E-state index in [0.717, 1.165) is 23.6 Å². The summed E-state index contributed by atoms with van der Waals surface area (Å²) >= 11 is 0. The molecule has 2 rings (SSSR count). The number of hydrogen-bond donors (Lipinski definition) is 2. The molecule has 116 valence electrons. The molecule has 0 spiro atoms. The molecule has 1 fully saturated rings. The Balaban J connectivity index is 1.91. The highest BCUT2D eigenvalue weighted by Gasteiger charge is 2.18. The lowest BCUT2D eigenvalue weighted by Crippen LogP contribution is -2.33. The summed E-state index contributed by atoms with van der Waals surface area (Å²) < 4.78 is 0. The van der Waals surface area contributed by atoms with E-state index in [4.69, 9.17) is 5.11 Å². The summed E-state index contributed by atoms with van der Waals surface area (Å²) in [5.74, 6) is -0.00148. The van der Waals surface area contributed by atoms with Crippen molar-refractivity contribution < 1.29 is 9.90 Å². The van der Waals surface area contributed by atoms with Crippen molar-refractivity contribution in [2.24, 2.45) is 5.92 Å². The van der Waals surface area contributed by atoms with Crippen LogP contribution in [0.25, 0.3) is 0 Å². The first-order valence-corrected chi connectivity index (χ1v) is 8.19. The van der Waals surface area contributed by atoms with Crippen molar-refractivity contribution in [3.05, 3.63) is 35.4 Å². The van der Waals surface area contributed by atoms with Crippen molar-refractivity contribution in [2.75, 3.05) is 0 Å². The highest BCUT2D eigenvalue weighted by atomic mass is 16.4. The Kier molecular flexibility index (Phi) is 6.24. The fourth-order valence-electron chi connectivity index (χ4n) is 3.31. The second kappa shape index (κ2) is 8.18. The van der Waals surface area contributed by atoms with Crippen molar-refractivity contribution in [2.45, 2.75) is 64.5 Å². The van der Waals surface area contributed by atoms with E-state index in [0.29, 0.717) is 6.04 Å². The van der Waals surface area contributed by atoms with Crippen LogP contribution in [-0.4, -0.2) is 17.1 Å². The number of carbonyl (C=O) groups is 1. The van der Waals surface area contributed by atoms with Gasteiger partial charge in [-0.05, 0) is 36.8 Å². The van der Waals surface area contributed by atoms with Crippen LogP contribution in [0, 0.1) is 5.92 Å². The van der Waals surface area contributed by atoms with E-state index in [-0.39, 0.29) is 6.42 Å². The number of benzene rings is 1. The third-order valence-corrected chi connectivity index (χ3v) is 4.68. The second-order valence-electron chi connectivity index (χ2n) is 6.26. The number of hydrogen-bond acceptors (Lipinski definition) is 2. The first-order chi connectivity index (χ1) is 10.2. The van der Waals surface area contributed by atoms with Crippen LogP contribution in [0.2, 0.25) is 0 Å². The normalized spacial score (nSPS) is 18.1. The smallest absolute Gasteiger partial charge is 0.307 e. The van der Waals surface area contributed by atoms with E-state index in [1.807, 2.05) is 24.3 Å². The van der Waals surface area contributed by atoms with Gasteiger partial charge in [-0.15, -0.1) is 0 Å². The van der Waals surface area contributed by atoms with E-state index in [2.05, 4.69) is 12.2 Å². The van der Waals surface area contributed by atoms with Gasteiger partial charge >= 0.3 is 5.97 Å². The lowest BCUT2D eigenvalue weighted by Gasteiger charge is -2.24. The summed E-state index contributed by atoms with van der Waals surface area (Å²) in [5, 5.41) is 12.6. The minimum Gasteiger partial charge on any atom is -0.481 e. The van der Waals surface area contributed by atoms with Gasteiger partial charge in [0.1, 0.15) is 0 Å². The molecule has 0 unspecified atom stereocenters. The van der Waals surface area contributed by atoms with Crippen molar-refractivity contribution in [3.8, 4) is 0 Å². The Morgan fingerprint density at radius 2 is 1.81 bits per heavy atom. The molecule has 1 aromatic carbocycles. The molecule has 0 aromatic heterocycles. The van der Waals surface area contributed by atoms with Crippen molar-refractivity contribution in [1.82, 2.24) is 5.32 Å².